The molecule has 4 rings (SSSR count). The third-order valence-electron chi connectivity index (χ3n) is 5.23. The Kier molecular flexibility index (Phi) is 4.98. The fraction of sp³-hybridized carbons (Fsp3) is 0.136. The first kappa shape index (κ1) is 21.7. The van der Waals surface area contributed by atoms with Crippen molar-refractivity contribution in [2.45, 2.75) is 18.3 Å². The summed E-state index contributed by atoms with van der Waals surface area (Å²) < 4.78 is 10.9. The number of carbonyl (C=O) groups is 1. The number of ether oxygens (including phenoxy) is 2. The number of rotatable bonds is 3. The van der Waals surface area contributed by atoms with E-state index < -0.39 is 58.8 Å². The first-order valence-electron chi connectivity index (χ1n) is 9.43. The van der Waals surface area contributed by atoms with Crippen LogP contribution in [0.2, 0.25) is 0 Å². The molecule has 1 heterocycles. The van der Waals surface area contributed by atoms with Crippen LogP contribution in [0.5, 0.6) is 46.0 Å². The first-order chi connectivity index (χ1) is 15.5. The topological polar surface area (TPSA) is 197 Å². The molecule has 11 nitrogen and oxygen atoms in total. The molecule has 1 aliphatic rings. The zero-order valence-electron chi connectivity index (χ0n) is 16.6. The maximum Gasteiger partial charge on any atom is 0.338 e. The Morgan fingerprint density at radius 3 is 2.06 bits per heavy atom. The van der Waals surface area contributed by atoms with Crippen LogP contribution in [0.15, 0.2) is 42.5 Å². The number of hydrogen-bond acceptors (Lipinski definition) is 10. The Labute approximate surface area is 185 Å². The fourth-order valence-corrected chi connectivity index (χ4v) is 3.49. The third-order valence-corrected chi connectivity index (χ3v) is 5.23. The third kappa shape index (κ3) is 3.59. The number of aliphatic hydroxyl groups is 1. The average Bonchev–Trinajstić information content (AvgIpc) is 2.77. The van der Waals surface area contributed by atoms with Crippen LogP contribution >= 0.6 is 0 Å². The maximum atomic E-state index is 12.7. The normalized spacial score (nSPS) is 19.4. The van der Waals surface area contributed by atoms with E-state index in [4.69, 9.17) is 9.47 Å². The highest BCUT2D eigenvalue weighted by atomic mass is 16.7. The molecule has 0 saturated heterocycles. The largest absolute Gasteiger partial charge is 0.504 e. The summed E-state index contributed by atoms with van der Waals surface area (Å²) in [7, 11) is 0. The minimum absolute atomic E-state index is 0.00555. The van der Waals surface area contributed by atoms with Gasteiger partial charge in [0, 0.05) is 23.6 Å². The second-order valence-corrected chi connectivity index (χ2v) is 7.35. The Balaban J connectivity index is 1.78. The van der Waals surface area contributed by atoms with Crippen molar-refractivity contribution < 1.29 is 55.1 Å². The van der Waals surface area contributed by atoms with Crippen LogP contribution in [-0.2, 0) is 22.1 Å². The molecule has 7 N–H and O–H groups in total. The van der Waals surface area contributed by atoms with E-state index in [1.807, 2.05) is 0 Å². The van der Waals surface area contributed by atoms with Gasteiger partial charge in [-0.25, -0.2) is 4.79 Å². The van der Waals surface area contributed by atoms with E-state index in [-0.39, 0.29) is 28.2 Å². The summed E-state index contributed by atoms with van der Waals surface area (Å²) in [6.45, 7) is 0. The molecule has 1 radical (unpaired) electrons. The molecular formula is C22H17O11. The molecule has 0 spiro atoms. The summed E-state index contributed by atoms with van der Waals surface area (Å²) in [5.41, 5.74) is -0.484. The minimum Gasteiger partial charge on any atom is -0.504 e. The summed E-state index contributed by atoms with van der Waals surface area (Å²) in [5, 5.41) is 81.5. The molecule has 171 valence electrons. The summed E-state index contributed by atoms with van der Waals surface area (Å²) >= 11 is 0. The van der Waals surface area contributed by atoms with E-state index in [0.29, 0.717) is 0 Å². The van der Waals surface area contributed by atoms with Gasteiger partial charge in [-0.2, -0.15) is 0 Å². The summed E-state index contributed by atoms with van der Waals surface area (Å²) in [6.07, 6.45) is -1.99. The predicted molar refractivity (Wildman–Crippen MR) is 107 cm³/mol. The number of phenolic OH excluding ortho intramolecular Hbond substituents is 6. The lowest BCUT2D eigenvalue weighted by Gasteiger charge is -2.40. The van der Waals surface area contributed by atoms with Gasteiger partial charge in [0.15, 0.2) is 40.6 Å². The van der Waals surface area contributed by atoms with Crippen molar-refractivity contribution in [3.8, 4) is 46.0 Å². The summed E-state index contributed by atoms with van der Waals surface area (Å²) in [6, 6.07) is 7.31. The van der Waals surface area contributed by atoms with Crippen molar-refractivity contribution in [1.82, 2.24) is 0 Å². The molecule has 33 heavy (non-hydrogen) atoms. The molecule has 0 saturated carbocycles. The Morgan fingerprint density at radius 1 is 0.879 bits per heavy atom. The van der Waals surface area contributed by atoms with E-state index in [9.17, 15) is 45.6 Å². The lowest BCUT2D eigenvalue weighted by Crippen LogP contribution is -2.50. The lowest BCUT2D eigenvalue weighted by atomic mass is 9.90. The highest BCUT2D eigenvalue weighted by molar-refractivity contribution is 5.91. The second kappa shape index (κ2) is 7.57. The van der Waals surface area contributed by atoms with Gasteiger partial charge >= 0.3 is 5.97 Å². The maximum absolute atomic E-state index is 12.7. The van der Waals surface area contributed by atoms with E-state index in [2.05, 4.69) is 0 Å². The van der Waals surface area contributed by atoms with Crippen LogP contribution in [0.25, 0.3) is 0 Å². The van der Waals surface area contributed by atoms with Crippen LogP contribution in [-0.4, -0.2) is 47.8 Å². The molecule has 3 aromatic rings. The van der Waals surface area contributed by atoms with Gasteiger partial charge < -0.3 is 45.2 Å². The highest BCUT2D eigenvalue weighted by Crippen LogP contribution is 2.49. The minimum atomic E-state index is -2.41. The van der Waals surface area contributed by atoms with Gasteiger partial charge in [-0.15, -0.1) is 0 Å². The summed E-state index contributed by atoms with van der Waals surface area (Å²) in [5.74, 6) is -8.94. The lowest BCUT2D eigenvalue weighted by molar-refractivity contribution is -0.222. The van der Waals surface area contributed by atoms with Crippen LogP contribution in [0, 0.1) is 0 Å². The molecule has 0 fully saturated rings. The number of fused-ring (bicyclic) bond motifs is 1. The Bertz CT molecular complexity index is 1230. The molecule has 0 amide bonds. The zero-order chi connectivity index (χ0) is 24.1. The van der Waals surface area contributed by atoms with Crippen molar-refractivity contribution >= 4 is 5.97 Å². The van der Waals surface area contributed by atoms with E-state index in [1.54, 1.807) is 0 Å². The van der Waals surface area contributed by atoms with Crippen molar-refractivity contribution in [2.75, 3.05) is 0 Å². The monoisotopic (exact) mass is 457 g/mol. The van der Waals surface area contributed by atoms with Crippen molar-refractivity contribution in [3.63, 3.8) is 0 Å². The smallest absolute Gasteiger partial charge is 0.338 e. The van der Waals surface area contributed by atoms with Crippen molar-refractivity contribution in [1.29, 1.82) is 0 Å². The molecule has 1 aliphatic heterocycles. The quantitative estimate of drug-likeness (QED) is 0.226. The van der Waals surface area contributed by atoms with Crippen LogP contribution < -0.4 is 4.74 Å². The van der Waals surface area contributed by atoms with E-state index in [0.717, 1.165) is 30.3 Å². The second-order valence-electron chi connectivity index (χ2n) is 7.35. The molecule has 2 atom stereocenters. The molecule has 0 bridgehead atoms. The standard InChI is InChI=1S/C22H17O11/c23-11-3-1-10(2-4-11)22(31)17(7-12-16(33-22)8-15(26)20(29)18(12)27)32-21(30)9-5-13(24)19(28)14(25)6-9/h1-6,8,17,24-29,31H,7H2/t17-,22-/m1/s1. The van der Waals surface area contributed by atoms with Crippen LogP contribution in [0.1, 0.15) is 21.5 Å². The Hall–Kier alpha value is -4.51. The first-order valence-corrected chi connectivity index (χ1v) is 9.43. The predicted octanol–water partition coefficient (Wildman–Crippen LogP) is 2.07. The van der Waals surface area contributed by atoms with Gasteiger partial charge in [0.05, 0.1) is 5.56 Å². The molecule has 0 unspecified atom stereocenters. The number of aromatic hydroxyl groups is 6. The van der Waals surface area contributed by atoms with E-state index in [1.165, 1.54) is 12.1 Å². The highest BCUT2D eigenvalue weighted by Gasteiger charge is 2.49. The number of phenols is 6. The Morgan fingerprint density at radius 2 is 1.45 bits per heavy atom. The molecular weight excluding hydrogens is 440 g/mol. The van der Waals surface area contributed by atoms with Crippen molar-refractivity contribution in [2.24, 2.45) is 0 Å². The number of benzene rings is 3. The van der Waals surface area contributed by atoms with Crippen LogP contribution in [0.3, 0.4) is 0 Å². The molecule has 3 aromatic carbocycles. The molecule has 11 heteroatoms. The molecule has 0 aromatic heterocycles. The number of carbonyl (C=O) groups excluding carboxylic acids is 1. The van der Waals surface area contributed by atoms with Crippen LogP contribution in [0.4, 0.5) is 0 Å². The average molecular weight is 457 g/mol. The van der Waals surface area contributed by atoms with Gasteiger partial charge in [0.25, 0.3) is 5.79 Å². The van der Waals surface area contributed by atoms with Gasteiger partial charge in [0.1, 0.15) is 5.75 Å². The number of esters is 1. The van der Waals surface area contributed by atoms with E-state index >= 15 is 0 Å². The van der Waals surface area contributed by atoms with Gasteiger partial charge in [-0.3, -0.25) is 5.11 Å². The van der Waals surface area contributed by atoms with Gasteiger partial charge in [-0.1, -0.05) is 0 Å². The fourth-order valence-electron chi connectivity index (χ4n) is 3.49. The van der Waals surface area contributed by atoms with Gasteiger partial charge in [-0.05, 0) is 36.4 Å². The SMILES string of the molecule is [O]c1ccc([C@@]2(O)Oc3cc(O)c(O)c(O)c3C[C@H]2OC(=O)c2cc(O)c(O)c(O)c2)cc1. The molecule has 0 aliphatic carbocycles. The summed E-state index contributed by atoms with van der Waals surface area (Å²) in [4.78, 5) is 12.7. The van der Waals surface area contributed by atoms with Crippen molar-refractivity contribution in [3.05, 3.63) is 59.2 Å². The van der Waals surface area contributed by atoms with Gasteiger partial charge in [0.2, 0.25) is 5.75 Å². The zero-order valence-corrected chi connectivity index (χ0v) is 16.6. The number of hydrogen-bond donors (Lipinski definition) is 7.